The van der Waals surface area contributed by atoms with Gasteiger partial charge in [-0.25, -0.2) is 9.67 Å². The van der Waals surface area contributed by atoms with E-state index in [0.29, 0.717) is 13.1 Å². The van der Waals surface area contributed by atoms with Gasteiger partial charge in [0, 0.05) is 26.7 Å². The molecule has 0 bridgehead atoms. The van der Waals surface area contributed by atoms with Gasteiger partial charge >= 0.3 is 5.97 Å². The number of guanidine groups is 1. The summed E-state index contributed by atoms with van der Waals surface area (Å²) in [5.41, 5.74) is 2.35. The summed E-state index contributed by atoms with van der Waals surface area (Å²) in [6, 6.07) is 8.38. The third-order valence-electron chi connectivity index (χ3n) is 4.79. The topological polar surface area (TPSA) is 84.6 Å². The van der Waals surface area contributed by atoms with Crippen LogP contribution in [0.4, 0.5) is 0 Å². The molecule has 1 saturated heterocycles. The van der Waals surface area contributed by atoms with E-state index in [2.05, 4.69) is 43.5 Å². The van der Waals surface area contributed by atoms with Gasteiger partial charge in [0.15, 0.2) is 5.96 Å². The summed E-state index contributed by atoms with van der Waals surface area (Å²) < 4.78 is 6.65. The number of rotatable bonds is 5. The van der Waals surface area contributed by atoms with Crippen LogP contribution in [0.15, 0.2) is 41.9 Å². The number of benzene rings is 1. The van der Waals surface area contributed by atoms with Crippen LogP contribution in [-0.2, 0) is 22.6 Å². The van der Waals surface area contributed by atoms with Crippen molar-refractivity contribution >= 4 is 11.9 Å². The molecule has 8 nitrogen and oxygen atoms in total. The first-order valence-corrected chi connectivity index (χ1v) is 9.13. The molecule has 0 aliphatic carbocycles. The van der Waals surface area contributed by atoms with Crippen LogP contribution in [0.3, 0.4) is 0 Å². The maximum Gasteiger partial charge on any atom is 0.308 e. The van der Waals surface area contributed by atoms with E-state index in [1.54, 1.807) is 24.4 Å². The molecule has 1 fully saturated rings. The number of nitrogens with one attached hydrogen (secondary N) is 1. The third-order valence-corrected chi connectivity index (χ3v) is 4.79. The van der Waals surface area contributed by atoms with Crippen LogP contribution in [0.25, 0.3) is 0 Å². The maximum absolute atomic E-state index is 11.7. The van der Waals surface area contributed by atoms with E-state index >= 15 is 0 Å². The number of aliphatic imine (C=N–C) groups is 1. The molecule has 1 N–H and O–H groups in total. The Morgan fingerprint density at radius 3 is 2.78 bits per heavy atom. The minimum atomic E-state index is -0.109. The molecule has 2 heterocycles. The first-order valence-electron chi connectivity index (χ1n) is 9.13. The van der Waals surface area contributed by atoms with Gasteiger partial charge in [0.05, 0.1) is 19.6 Å². The third kappa shape index (κ3) is 5.06. The summed E-state index contributed by atoms with van der Waals surface area (Å²) in [6.07, 6.45) is 4.84. The van der Waals surface area contributed by atoms with Crippen LogP contribution in [0.1, 0.15) is 24.0 Å². The minimum Gasteiger partial charge on any atom is -0.469 e. The summed E-state index contributed by atoms with van der Waals surface area (Å²) in [7, 11) is 3.24. The van der Waals surface area contributed by atoms with Gasteiger partial charge in [0.25, 0.3) is 0 Å². The van der Waals surface area contributed by atoms with Crippen molar-refractivity contribution in [2.24, 2.45) is 10.9 Å². The largest absolute Gasteiger partial charge is 0.469 e. The molecule has 0 saturated carbocycles. The number of carbonyl (C=O) groups excluding carboxylic acids is 1. The first-order chi connectivity index (χ1) is 13.2. The molecule has 0 radical (unpaired) electrons. The number of piperidine rings is 1. The average molecular weight is 370 g/mol. The number of likely N-dealkylation sites (tertiary alicyclic amines) is 1. The molecule has 144 valence electrons. The van der Waals surface area contributed by atoms with E-state index in [-0.39, 0.29) is 11.9 Å². The average Bonchev–Trinajstić information content (AvgIpc) is 3.21. The predicted octanol–water partition coefficient (Wildman–Crippen LogP) is 1.29. The molecule has 2 aromatic rings. The quantitative estimate of drug-likeness (QED) is 0.485. The first kappa shape index (κ1) is 18.9. The van der Waals surface area contributed by atoms with Crippen molar-refractivity contribution in [3.05, 3.63) is 48.0 Å². The molecular formula is C19H26N6O2. The fourth-order valence-corrected chi connectivity index (χ4v) is 3.35. The summed E-state index contributed by atoms with van der Waals surface area (Å²) >= 11 is 0. The molecule has 3 rings (SSSR count). The highest BCUT2D eigenvalue weighted by Crippen LogP contribution is 2.18. The highest BCUT2D eigenvalue weighted by atomic mass is 16.5. The van der Waals surface area contributed by atoms with Crippen LogP contribution < -0.4 is 5.32 Å². The van der Waals surface area contributed by atoms with Gasteiger partial charge in [-0.15, -0.1) is 0 Å². The van der Waals surface area contributed by atoms with Gasteiger partial charge in [-0.1, -0.05) is 24.3 Å². The van der Waals surface area contributed by atoms with Gasteiger partial charge in [-0.3, -0.25) is 9.79 Å². The van der Waals surface area contributed by atoms with E-state index in [4.69, 9.17) is 4.74 Å². The van der Waals surface area contributed by atoms with Crippen molar-refractivity contribution < 1.29 is 9.53 Å². The number of esters is 1. The van der Waals surface area contributed by atoms with E-state index in [1.807, 2.05) is 6.07 Å². The lowest BCUT2D eigenvalue weighted by Crippen LogP contribution is -2.46. The lowest BCUT2D eigenvalue weighted by molar-refractivity contribution is -0.146. The van der Waals surface area contributed by atoms with Crippen molar-refractivity contribution in [3.63, 3.8) is 0 Å². The fourth-order valence-electron chi connectivity index (χ4n) is 3.35. The van der Waals surface area contributed by atoms with E-state index in [1.165, 1.54) is 18.2 Å². The molecule has 8 heteroatoms. The second kappa shape index (κ2) is 9.16. The van der Waals surface area contributed by atoms with Gasteiger partial charge in [-0.05, 0) is 24.0 Å². The van der Waals surface area contributed by atoms with Crippen molar-refractivity contribution in [3.8, 4) is 0 Å². The molecule has 1 aliphatic rings. The predicted molar refractivity (Wildman–Crippen MR) is 102 cm³/mol. The molecule has 0 amide bonds. The van der Waals surface area contributed by atoms with E-state index in [9.17, 15) is 4.79 Å². The van der Waals surface area contributed by atoms with Crippen LogP contribution in [0.2, 0.25) is 0 Å². The Hall–Kier alpha value is -2.90. The molecule has 1 aromatic heterocycles. The summed E-state index contributed by atoms with van der Waals surface area (Å²) in [6.45, 7) is 2.98. The van der Waals surface area contributed by atoms with Crippen LogP contribution in [-0.4, -0.2) is 58.8 Å². The Balaban J connectivity index is 1.53. The number of aromatic nitrogens is 3. The van der Waals surface area contributed by atoms with Crippen molar-refractivity contribution in [2.75, 3.05) is 27.2 Å². The van der Waals surface area contributed by atoms with Gasteiger partial charge in [0.2, 0.25) is 0 Å². The number of hydrogen-bond donors (Lipinski definition) is 1. The molecule has 0 atom stereocenters. The highest BCUT2D eigenvalue weighted by Gasteiger charge is 2.26. The molecule has 1 aliphatic heterocycles. The second-order valence-electron chi connectivity index (χ2n) is 6.60. The Morgan fingerprint density at radius 2 is 2.11 bits per heavy atom. The number of nitrogens with zero attached hydrogens (tertiary/aromatic N) is 5. The van der Waals surface area contributed by atoms with E-state index in [0.717, 1.165) is 31.9 Å². The molecule has 0 spiro atoms. The summed E-state index contributed by atoms with van der Waals surface area (Å²) in [5, 5.41) is 7.57. The van der Waals surface area contributed by atoms with Gasteiger partial charge in [-0.2, -0.15) is 5.10 Å². The Morgan fingerprint density at radius 1 is 1.33 bits per heavy atom. The van der Waals surface area contributed by atoms with Crippen LogP contribution in [0.5, 0.6) is 0 Å². The SMILES string of the molecule is CN=C(NCc1cccc(Cn2cncn2)c1)N1CCC(C(=O)OC)CC1. The zero-order chi connectivity index (χ0) is 19.1. The summed E-state index contributed by atoms with van der Waals surface area (Å²) in [5.74, 6) is 0.750. The van der Waals surface area contributed by atoms with Crippen LogP contribution in [0, 0.1) is 5.92 Å². The molecular weight excluding hydrogens is 344 g/mol. The molecule has 1 aromatic carbocycles. The van der Waals surface area contributed by atoms with Crippen molar-refractivity contribution in [2.45, 2.75) is 25.9 Å². The zero-order valence-electron chi connectivity index (χ0n) is 15.8. The number of methoxy groups -OCH3 is 1. The fraction of sp³-hybridized carbons (Fsp3) is 0.474. The zero-order valence-corrected chi connectivity index (χ0v) is 15.8. The smallest absolute Gasteiger partial charge is 0.308 e. The number of hydrogen-bond acceptors (Lipinski definition) is 5. The number of ether oxygens (including phenoxy) is 1. The minimum absolute atomic E-state index is 0.00202. The number of carbonyl (C=O) groups is 1. The maximum atomic E-state index is 11.7. The highest BCUT2D eigenvalue weighted by molar-refractivity contribution is 5.80. The van der Waals surface area contributed by atoms with E-state index < -0.39 is 0 Å². The van der Waals surface area contributed by atoms with Crippen molar-refractivity contribution in [1.29, 1.82) is 0 Å². The van der Waals surface area contributed by atoms with Gasteiger partial charge in [0.1, 0.15) is 12.7 Å². The Labute approximate surface area is 159 Å². The lowest BCUT2D eigenvalue weighted by atomic mass is 9.97. The normalized spacial score (nSPS) is 15.6. The lowest BCUT2D eigenvalue weighted by Gasteiger charge is -2.33. The summed E-state index contributed by atoms with van der Waals surface area (Å²) in [4.78, 5) is 22.2. The Bertz CT molecular complexity index is 766. The molecule has 0 unspecified atom stereocenters. The van der Waals surface area contributed by atoms with Crippen LogP contribution >= 0.6 is 0 Å². The van der Waals surface area contributed by atoms with Gasteiger partial charge < -0.3 is 15.0 Å². The standard InChI is InChI=1S/C19H26N6O2/c1-20-19(24-8-6-17(7-9-24)18(26)27-2)22-11-15-4-3-5-16(10-15)12-25-14-21-13-23-25/h3-5,10,13-14,17H,6-9,11-12H2,1-2H3,(H,20,22). The molecule has 27 heavy (non-hydrogen) atoms. The Kier molecular flexibility index (Phi) is 6.40. The second-order valence-corrected chi connectivity index (χ2v) is 6.60. The monoisotopic (exact) mass is 370 g/mol. The van der Waals surface area contributed by atoms with Crippen molar-refractivity contribution in [1.82, 2.24) is 25.0 Å².